The molecule has 192 valence electrons. The number of carbonyl (C=O) groups excluding carboxylic acids is 1. The molecular weight excluding hydrogens is 466 g/mol. The molecule has 0 radical (unpaired) electrons. The van der Waals surface area contributed by atoms with Crippen molar-refractivity contribution in [2.24, 2.45) is 0 Å². The number of nitrogens with two attached hydrogens (primary N) is 1. The van der Waals surface area contributed by atoms with Crippen molar-refractivity contribution >= 4 is 34.0 Å². The van der Waals surface area contributed by atoms with Gasteiger partial charge in [-0.05, 0) is 69.4 Å². The molecule has 1 fully saturated rings. The van der Waals surface area contributed by atoms with Gasteiger partial charge in [0, 0.05) is 41.5 Å². The summed E-state index contributed by atoms with van der Waals surface area (Å²) in [6, 6.07) is 14.0. The number of nitrogens with zero attached hydrogens (tertiary/aromatic N) is 5. The zero-order valence-corrected chi connectivity index (χ0v) is 21.6. The van der Waals surface area contributed by atoms with Crippen LogP contribution in [-0.2, 0) is 0 Å². The third-order valence-corrected chi connectivity index (χ3v) is 6.98. The second kappa shape index (κ2) is 11.3. The Morgan fingerprint density at radius 3 is 2.54 bits per heavy atom. The largest absolute Gasteiger partial charge is 0.495 e. The fourth-order valence-electron chi connectivity index (χ4n) is 4.97. The number of methoxy groups -OCH3 is 1. The predicted molar refractivity (Wildman–Crippen MR) is 147 cm³/mol. The average molecular weight is 500 g/mol. The van der Waals surface area contributed by atoms with Crippen molar-refractivity contribution in [1.29, 1.82) is 5.26 Å². The molecular formula is C28H33N7O2. The molecule has 3 aromatic rings. The van der Waals surface area contributed by atoms with E-state index in [4.69, 9.17) is 15.7 Å². The van der Waals surface area contributed by atoms with Gasteiger partial charge in [0.1, 0.15) is 11.4 Å². The van der Waals surface area contributed by atoms with Gasteiger partial charge < -0.3 is 25.6 Å². The van der Waals surface area contributed by atoms with E-state index in [1.165, 1.54) is 6.20 Å². The summed E-state index contributed by atoms with van der Waals surface area (Å²) in [5, 5.41) is 14.3. The molecule has 37 heavy (non-hydrogen) atoms. The van der Waals surface area contributed by atoms with Gasteiger partial charge in [-0.3, -0.25) is 4.79 Å². The number of ether oxygens (including phenoxy) is 1. The number of nitriles is 1. The Hall–Kier alpha value is -4.16. The highest BCUT2D eigenvalue weighted by molar-refractivity contribution is 6.07. The maximum absolute atomic E-state index is 13.9. The van der Waals surface area contributed by atoms with E-state index < -0.39 is 0 Å². The number of hydrogen-bond donors (Lipinski definition) is 2. The van der Waals surface area contributed by atoms with Crippen molar-refractivity contribution in [3.63, 3.8) is 0 Å². The van der Waals surface area contributed by atoms with Crippen LogP contribution in [-0.4, -0.2) is 60.6 Å². The van der Waals surface area contributed by atoms with Gasteiger partial charge in [0.25, 0.3) is 5.91 Å². The molecule has 1 amide bonds. The Kier molecular flexibility index (Phi) is 7.89. The number of anilines is 3. The number of nitrogen functional groups attached to an aromatic ring is 1. The summed E-state index contributed by atoms with van der Waals surface area (Å²) in [7, 11) is 5.81. The van der Waals surface area contributed by atoms with Gasteiger partial charge in [0.15, 0.2) is 0 Å². The van der Waals surface area contributed by atoms with Crippen LogP contribution in [0.4, 0.5) is 17.3 Å². The number of benzene rings is 2. The highest BCUT2D eigenvalue weighted by Gasteiger charge is 2.32. The molecule has 2 aromatic carbocycles. The van der Waals surface area contributed by atoms with Crippen LogP contribution in [0.5, 0.6) is 5.75 Å². The Morgan fingerprint density at radius 2 is 1.89 bits per heavy atom. The lowest BCUT2D eigenvalue weighted by Crippen LogP contribution is -2.45. The molecule has 1 aromatic heterocycles. The van der Waals surface area contributed by atoms with Crippen molar-refractivity contribution in [2.45, 2.75) is 37.8 Å². The first-order chi connectivity index (χ1) is 17.8. The second-order valence-electron chi connectivity index (χ2n) is 9.52. The average Bonchev–Trinajstić information content (AvgIpc) is 2.91. The van der Waals surface area contributed by atoms with E-state index in [1.54, 1.807) is 13.2 Å². The Labute approximate surface area is 217 Å². The predicted octanol–water partition coefficient (Wildman–Crippen LogP) is 4.23. The quantitative estimate of drug-likeness (QED) is 0.442. The van der Waals surface area contributed by atoms with Crippen LogP contribution in [0.2, 0.25) is 0 Å². The van der Waals surface area contributed by atoms with Crippen molar-refractivity contribution in [3.05, 3.63) is 60.4 Å². The summed E-state index contributed by atoms with van der Waals surface area (Å²) in [5.41, 5.74) is 7.99. The molecule has 0 atom stereocenters. The van der Waals surface area contributed by atoms with Crippen LogP contribution in [0, 0.1) is 11.3 Å². The van der Waals surface area contributed by atoms with E-state index in [0.29, 0.717) is 17.4 Å². The summed E-state index contributed by atoms with van der Waals surface area (Å²) >= 11 is 0. The van der Waals surface area contributed by atoms with Crippen molar-refractivity contribution in [3.8, 4) is 11.8 Å². The van der Waals surface area contributed by atoms with Gasteiger partial charge in [-0.1, -0.05) is 18.7 Å². The molecule has 1 saturated carbocycles. The standard InChI is InChI=1S/C28H33N7O2/c1-18(16-29)17-32-26-23-15-22(7-5-19(23)6-12-25(26)37-4)35(21-10-8-20(9-11-21)34(2)3)27(36)24-13-14-31-28(30)33-24/h5-7,12-15,20-21,32H,1,8-11,17H2,2-4H3,(H2,30,31,33). The topological polar surface area (TPSA) is 120 Å². The number of carbonyl (C=O) groups is 1. The Bertz CT molecular complexity index is 1340. The third kappa shape index (κ3) is 5.65. The van der Waals surface area contributed by atoms with Crippen LogP contribution in [0.15, 0.2) is 54.7 Å². The van der Waals surface area contributed by atoms with Gasteiger partial charge in [-0.15, -0.1) is 0 Å². The van der Waals surface area contributed by atoms with E-state index in [2.05, 4.69) is 46.9 Å². The minimum atomic E-state index is -0.211. The van der Waals surface area contributed by atoms with E-state index in [0.717, 1.165) is 47.8 Å². The molecule has 0 bridgehead atoms. The molecule has 0 aliphatic heterocycles. The fourth-order valence-corrected chi connectivity index (χ4v) is 4.97. The van der Waals surface area contributed by atoms with Crippen molar-refractivity contribution < 1.29 is 9.53 Å². The van der Waals surface area contributed by atoms with Gasteiger partial charge in [0.05, 0.1) is 18.9 Å². The summed E-state index contributed by atoms with van der Waals surface area (Å²) in [5.74, 6) is 0.495. The van der Waals surface area contributed by atoms with E-state index in [1.807, 2.05) is 35.2 Å². The minimum Gasteiger partial charge on any atom is -0.495 e. The maximum Gasteiger partial charge on any atom is 0.277 e. The first-order valence-electron chi connectivity index (χ1n) is 12.3. The van der Waals surface area contributed by atoms with Gasteiger partial charge in [0.2, 0.25) is 5.95 Å². The molecule has 3 N–H and O–H groups in total. The van der Waals surface area contributed by atoms with E-state index in [-0.39, 0.29) is 30.1 Å². The number of rotatable bonds is 8. The number of fused-ring (bicyclic) bond motifs is 1. The van der Waals surface area contributed by atoms with Crippen molar-refractivity contribution in [1.82, 2.24) is 14.9 Å². The Morgan fingerprint density at radius 1 is 1.19 bits per heavy atom. The first-order valence-corrected chi connectivity index (χ1v) is 12.3. The molecule has 0 unspecified atom stereocenters. The zero-order valence-electron chi connectivity index (χ0n) is 21.6. The number of aromatic nitrogens is 2. The zero-order chi connectivity index (χ0) is 26.5. The van der Waals surface area contributed by atoms with E-state index >= 15 is 0 Å². The fraction of sp³-hybridized carbons (Fsp3) is 0.357. The van der Waals surface area contributed by atoms with Gasteiger partial charge in [-0.25, -0.2) is 9.97 Å². The molecule has 4 rings (SSSR count). The summed E-state index contributed by atoms with van der Waals surface area (Å²) in [4.78, 5) is 26.2. The van der Waals surface area contributed by atoms with Crippen LogP contribution in [0.1, 0.15) is 36.2 Å². The maximum atomic E-state index is 13.9. The van der Waals surface area contributed by atoms with Crippen molar-refractivity contribution in [2.75, 3.05) is 43.7 Å². The molecule has 1 aliphatic carbocycles. The molecule has 0 spiro atoms. The summed E-state index contributed by atoms with van der Waals surface area (Å²) < 4.78 is 5.61. The normalized spacial score (nSPS) is 17.3. The first kappa shape index (κ1) is 25.9. The highest BCUT2D eigenvalue weighted by atomic mass is 16.5. The number of hydrogen-bond acceptors (Lipinski definition) is 8. The highest BCUT2D eigenvalue weighted by Crippen LogP contribution is 2.38. The minimum absolute atomic E-state index is 0.0118. The lowest BCUT2D eigenvalue weighted by atomic mass is 9.89. The lowest BCUT2D eigenvalue weighted by molar-refractivity contribution is 0.0958. The van der Waals surface area contributed by atoms with Crippen LogP contribution in [0.25, 0.3) is 10.8 Å². The molecule has 9 nitrogen and oxygen atoms in total. The molecule has 1 heterocycles. The van der Waals surface area contributed by atoms with Gasteiger partial charge >= 0.3 is 0 Å². The summed E-state index contributed by atoms with van der Waals surface area (Å²) in [6.07, 6.45) is 5.25. The molecule has 9 heteroatoms. The number of nitrogens with one attached hydrogen (secondary N) is 1. The van der Waals surface area contributed by atoms with Crippen LogP contribution >= 0.6 is 0 Å². The number of amides is 1. The lowest BCUT2D eigenvalue weighted by Gasteiger charge is -2.38. The van der Waals surface area contributed by atoms with E-state index in [9.17, 15) is 4.79 Å². The SMILES string of the molecule is C=C(C#N)CNc1c(OC)ccc2ccc(N(C(=O)c3ccnc(N)n3)C3CCC(N(C)C)CC3)cc12. The second-order valence-corrected chi connectivity index (χ2v) is 9.52. The third-order valence-electron chi connectivity index (χ3n) is 6.98. The smallest absolute Gasteiger partial charge is 0.277 e. The van der Waals surface area contributed by atoms with Crippen LogP contribution < -0.4 is 20.7 Å². The monoisotopic (exact) mass is 499 g/mol. The van der Waals surface area contributed by atoms with Crippen LogP contribution in [0.3, 0.4) is 0 Å². The molecule has 0 saturated heterocycles. The molecule has 1 aliphatic rings. The summed E-state index contributed by atoms with van der Waals surface area (Å²) in [6.45, 7) is 4.06. The van der Waals surface area contributed by atoms with Gasteiger partial charge in [-0.2, -0.15) is 5.26 Å². The Balaban J connectivity index is 1.79.